The van der Waals surface area contributed by atoms with E-state index in [2.05, 4.69) is 206 Å². The summed E-state index contributed by atoms with van der Waals surface area (Å²) in [7, 11) is 0. The van der Waals surface area contributed by atoms with Crippen molar-refractivity contribution in [1.29, 1.82) is 0 Å². The Balaban J connectivity index is 1.12. The molecule has 1 aromatic heterocycles. The fourth-order valence-corrected chi connectivity index (χ4v) is 9.04. The molecule has 1 unspecified atom stereocenters. The smallest absolute Gasteiger partial charge is 0.141 e. The van der Waals surface area contributed by atoms with Crippen molar-refractivity contribution in [2.45, 2.75) is 19.8 Å². The van der Waals surface area contributed by atoms with E-state index in [0.717, 1.165) is 29.7 Å². The lowest BCUT2D eigenvalue weighted by Gasteiger charge is -2.19. The van der Waals surface area contributed by atoms with Crippen molar-refractivity contribution in [3.05, 3.63) is 206 Å². The van der Waals surface area contributed by atoms with Crippen LogP contribution in [-0.4, -0.2) is 9.55 Å². The molecule has 2 aliphatic carbocycles. The van der Waals surface area contributed by atoms with E-state index in [0.29, 0.717) is 5.92 Å². The van der Waals surface area contributed by atoms with Crippen LogP contribution in [0, 0.1) is 5.92 Å². The molecule has 11 rings (SSSR count). The molecule has 1 heterocycles. The van der Waals surface area contributed by atoms with E-state index >= 15 is 0 Å². The van der Waals surface area contributed by atoms with Crippen LogP contribution in [0.15, 0.2) is 194 Å². The summed E-state index contributed by atoms with van der Waals surface area (Å²) in [4.78, 5) is 5.22. The summed E-state index contributed by atoms with van der Waals surface area (Å²) in [5, 5.41) is 10.0. The lowest BCUT2D eigenvalue weighted by molar-refractivity contribution is 0.734. The van der Waals surface area contributed by atoms with Gasteiger partial charge in [-0.25, -0.2) is 4.98 Å². The van der Waals surface area contributed by atoms with E-state index in [1.165, 1.54) is 87.8 Å². The Labute approximate surface area is 332 Å². The molecule has 0 spiro atoms. The summed E-state index contributed by atoms with van der Waals surface area (Å²) in [6, 6.07) is 55.7. The van der Waals surface area contributed by atoms with Gasteiger partial charge in [0.15, 0.2) is 0 Å². The highest BCUT2D eigenvalue weighted by molar-refractivity contribution is 6.22. The zero-order valence-corrected chi connectivity index (χ0v) is 31.9. The topological polar surface area (TPSA) is 17.8 Å². The van der Waals surface area contributed by atoms with Crippen molar-refractivity contribution >= 4 is 71.0 Å². The molecule has 1 atom stereocenters. The Kier molecular flexibility index (Phi) is 7.96. The minimum absolute atomic E-state index is 0.544. The Morgan fingerprint density at radius 2 is 1.16 bits per heavy atom. The van der Waals surface area contributed by atoms with Gasteiger partial charge >= 0.3 is 0 Å². The molecule has 57 heavy (non-hydrogen) atoms. The molecule has 0 radical (unpaired) electrons. The summed E-state index contributed by atoms with van der Waals surface area (Å²) in [5.74, 6) is 1.55. The van der Waals surface area contributed by atoms with Crippen LogP contribution < -0.4 is 0 Å². The number of hydrogen-bond acceptors (Lipinski definition) is 1. The van der Waals surface area contributed by atoms with Gasteiger partial charge in [-0.15, -0.1) is 0 Å². The summed E-state index contributed by atoms with van der Waals surface area (Å²) in [6.45, 7) is 2.27. The molecule has 0 fully saturated rings. The monoisotopic (exact) mass is 728 g/mol. The minimum atomic E-state index is 0.544. The van der Waals surface area contributed by atoms with Gasteiger partial charge in [0.05, 0.1) is 11.0 Å². The molecule has 0 bridgehead atoms. The second-order valence-corrected chi connectivity index (χ2v) is 15.6. The van der Waals surface area contributed by atoms with E-state index in [4.69, 9.17) is 4.98 Å². The first kappa shape index (κ1) is 33.3. The highest BCUT2D eigenvalue weighted by atomic mass is 15.1. The molecule has 0 saturated heterocycles. The van der Waals surface area contributed by atoms with Gasteiger partial charge in [-0.3, -0.25) is 4.57 Å². The van der Waals surface area contributed by atoms with E-state index in [1.807, 2.05) is 0 Å². The highest BCUT2D eigenvalue weighted by Crippen LogP contribution is 2.45. The zero-order chi connectivity index (χ0) is 37.9. The Morgan fingerprint density at radius 1 is 0.544 bits per heavy atom. The Hall–Kier alpha value is -7.03. The fourth-order valence-electron chi connectivity index (χ4n) is 9.04. The molecule has 0 amide bonds. The summed E-state index contributed by atoms with van der Waals surface area (Å²) in [5.41, 5.74) is 11.9. The van der Waals surface area contributed by atoms with E-state index in [9.17, 15) is 0 Å². The minimum Gasteiger partial charge on any atom is -0.293 e. The predicted molar refractivity (Wildman–Crippen MR) is 244 cm³/mol. The molecule has 0 N–H and O–H groups in total. The lowest BCUT2D eigenvalue weighted by Crippen LogP contribution is -2.05. The molecule has 270 valence electrons. The SMILES string of the molecule is CC1C=CC(n2c(C3=CC=C(c4ccc5c(-c6ccc7ccccc7c6)c6ccccc6c(-c6ccc7ccccc7c6)c5c4)C=CC3)nc3ccccc32)=CC1. The number of benzene rings is 8. The highest BCUT2D eigenvalue weighted by Gasteiger charge is 2.20. The summed E-state index contributed by atoms with van der Waals surface area (Å²) < 4.78 is 2.35. The van der Waals surface area contributed by atoms with Crippen molar-refractivity contribution in [2.24, 2.45) is 5.92 Å². The van der Waals surface area contributed by atoms with E-state index in [1.54, 1.807) is 0 Å². The third kappa shape index (κ3) is 5.76. The van der Waals surface area contributed by atoms with Gasteiger partial charge in [-0.1, -0.05) is 165 Å². The number of nitrogens with zero attached hydrogens (tertiary/aromatic N) is 2. The third-order valence-corrected chi connectivity index (χ3v) is 11.9. The number of hydrogen-bond donors (Lipinski definition) is 0. The van der Waals surface area contributed by atoms with Crippen LogP contribution in [0.5, 0.6) is 0 Å². The normalized spacial score (nSPS) is 15.7. The fraction of sp³-hybridized carbons (Fsp3) is 0.0727. The van der Waals surface area contributed by atoms with Crippen molar-refractivity contribution in [1.82, 2.24) is 9.55 Å². The quantitative estimate of drug-likeness (QED) is 0.161. The molecule has 2 heteroatoms. The lowest BCUT2D eigenvalue weighted by atomic mass is 9.84. The van der Waals surface area contributed by atoms with Crippen molar-refractivity contribution in [2.75, 3.05) is 0 Å². The van der Waals surface area contributed by atoms with Crippen molar-refractivity contribution in [3.8, 4) is 22.3 Å². The van der Waals surface area contributed by atoms with Gasteiger partial charge in [0.1, 0.15) is 5.82 Å². The summed E-state index contributed by atoms with van der Waals surface area (Å²) >= 11 is 0. The molecule has 8 aromatic carbocycles. The number of aromatic nitrogens is 2. The van der Waals surface area contributed by atoms with Crippen LogP contribution >= 0.6 is 0 Å². The average Bonchev–Trinajstić information content (AvgIpc) is 3.47. The van der Waals surface area contributed by atoms with Gasteiger partial charge < -0.3 is 0 Å². The first-order valence-electron chi connectivity index (χ1n) is 20.1. The maximum Gasteiger partial charge on any atom is 0.141 e. The van der Waals surface area contributed by atoms with Gasteiger partial charge in [0.2, 0.25) is 0 Å². The second kappa shape index (κ2) is 13.6. The first-order valence-corrected chi connectivity index (χ1v) is 20.1. The van der Waals surface area contributed by atoms with E-state index in [-0.39, 0.29) is 0 Å². The van der Waals surface area contributed by atoms with Crippen molar-refractivity contribution in [3.63, 3.8) is 0 Å². The Morgan fingerprint density at radius 3 is 1.86 bits per heavy atom. The maximum atomic E-state index is 5.22. The van der Waals surface area contributed by atoms with Gasteiger partial charge in [-0.05, 0) is 137 Å². The number of allylic oxidation sites excluding steroid dienone is 10. The van der Waals surface area contributed by atoms with Crippen LogP contribution in [0.2, 0.25) is 0 Å². The van der Waals surface area contributed by atoms with Crippen LogP contribution in [-0.2, 0) is 0 Å². The molecule has 2 nitrogen and oxygen atoms in total. The third-order valence-electron chi connectivity index (χ3n) is 11.9. The summed E-state index contributed by atoms with van der Waals surface area (Å²) in [6.07, 6.45) is 17.9. The first-order chi connectivity index (χ1) is 28.2. The molecule has 2 aliphatic rings. The van der Waals surface area contributed by atoms with Crippen LogP contribution in [0.4, 0.5) is 0 Å². The largest absolute Gasteiger partial charge is 0.293 e. The van der Waals surface area contributed by atoms with E-state index < -0.39 is 0 Å². The molecule has 9 aromatic rings. The molecule has 0 aliphatic heterocycles. The number of para-hydroxylation sites is 2. The predicted octanol–water partition coefficient (Wildman–Crippen LogP) is 14.8. The standard InChI is InChI=1S/C55H40N2/c1-36-21-30-46(31-22-36)57-52-20-9-8-19-51(52)56-55(57)40-16-10-15-39(23-26-40)43-29-32-49-50(35-43)54(45-28-25-38-12-3-5-14-42(38)34-45)48-18-7-6-17-47(48)53(49)44-27-24-37-11-2-4-13-41(37)33-44/h2-15,17-21,23-36H,16,22H2,1H3. The maximum absolute atomic E-state index is 5.22. The van der Waals surface area contributed by atoms with Crippen LogP contribution in [0.1, 0.15) is 31.2 Å². The van der Waals surface area contributed by atoms with Gasteiger partial charge in [-0.2, -0.15) is 0 Å². The molecule has 0 saturated carbocycles. The average molecular weight is 729 g/mol. The van der Waals surface area contributed by atoms with Crippen LogP contribution in [0.3, 0.4) is 0 Å². The number of rotatable bonds is 5. The zero-order valence-electron chi connectivity index (χ0n) is 31.9. The molecular formula is C55H40N2. The van der Waals surface area contributed by atoms with Crippen LogP contribution in [0.25, 0.3) is 93.2 Å². The number of imidazole rings is 1. The van der Waals surface area contributed by atoms with Gasteiger partial charge in [0.25, 0.3) is 0 Å². The molecular weight excluding hydrogens is 689 g/mol. The number of fused-ring (bicyclic) bond motifs is 5. The van der Waals surface area contributed by atoms with Crippen molar-refractivity contribution < 1.29 is 0 Å². The second-order valence-electron chi connectivity index (χ2n) is 15.6. The Bertz CT molecular complexity index is 3250. The van der Waals surface area contributed by atoms with Gasteiger partial charge in [0, 0.05) is 5.70 Å².